The third kappa shape index (κ3) is 3.50. The molecule has 0 aliphatic rings. The molecule has 0 bridgehead atoms. The summed E-state index contributed by atoms with van der Waals surface area (Å²) in [6.45, 7) is 8.03. The summed E-state index contributed by atoms with van der Waals surface area (Å²) in [4.78, 5) is 17.3. The molecule has 4 rings (SSSR count). The molecule has 3 heterocycles. The number of aromatic nitrogens is 3. The lowest BCUT2D eigenvalue weighted by Gasteiger charge is -2.13. The first-order valence-electron chi connectivity index (χ1n) is 9.92. The van der Waals surface area contributed by atoms with Gasteiger partial charge in [-0.3, -0.25) is 9.48 Å². The fourth-order valence-corrected chi connectivity index (χ4v) is 4.07. The Bertz CT molecular complexity index is 1190. The first-order chi connectivity index (χ1) is 13.8. The number of benzene rings is 1. The second kappa shape index (κ2) is 7.35. The van der Waals surface area contributed by atoms with E-state index in [9.17, 15) is 4.79 Å². The summed E-state index contributed by atoms with van der Waals surface area (Å²) in [6.07, 6.45) is 1.05. The van der Waals surface area contributed by atoms with Gasteiger partial charge in [0.1, 0.15) is 11.3 Å². The number of pyridine rings is 1. The first kappa shape index (κ1) is 19.2. The van der Waals surface area contributed by atoms with Gasteiger partial charge < -0.3 is 9.73 Å². The summed E-state index contributed by atoms with van der Waals surface area (Å²) < 4.78 is 7.68. The molecule has 1 N–H and O–H groups in total. The average molecular weight is 390 g/mol. The number of nitrogens with one attached hydrogen (secondary N) is 1. The second-order valence-electron chi connectivity index (χ2n) is 7.68. The van der Waals surface area contributed by atoms with Crippen molar-refractivity contribution in [2.75, 3.05) is 0 Å². The molecule has 4 aromatic rings. The van der Waals surface area contributed by atoms with E-state index in [1.807, 2.05) is 62.8 Å². The molecule has 6 heteroatoms. The van der Waals surface area contributed by atoms with E-state index in [1.54, 1.807) is 0 Å². The van der Waals surface area contributed by atoms with Crippen LogP contribution in [-0.2, 0) is 18.3 Å². The van der Waals surface area contributed by atoms with Crippen LogP contribution in [0.25, 0.3) is 22.0 Å². The van der Waals surface area contributed by atoms with Gasteiger partial charge in [0.15, 0.2) is 5.65 Å². The highest BCUT2D eigenvalue weighted by Crippen LogP contribution is 2.26. The lowest BCUT2D eigenvalue weighted by molar-refractivity contribution is -0.121. The molecule has 29 heavy (non-hydrogen) atoms. The Hall–Kier alpha value is -3.15. The summed E-state index contributed by atoms with van der Waals surface area (Å²) in [5.74, 6) is 0.765. The fourth-order valence-electron chi connectivity index (χ4n) is 4.07. The van der Waals surface area contributed by atoms with E-state index in [0.29, 0.717) is 12.8 Å². The van der Waals surface area contributed by atoms with Crippen molar-refractivity contribution in [3.63, 3.8) is 0 Å². The van der Waals surface area contributed by atoms with Crippen molar-refractivity contribution in [2.45, 2.75) is 46.6 Å². The molecule has 1 aromatic carbocycles. The molecule has 0 unspecified atom stereocenters. The molecule has 0 spiro atoms. The zero-order chi connectivity index (χ0) is 20.7. The molecule has 6 nitrogen and oxygen atoms in total. The molecular formula is C23H26N4O2. The molecule has 0 aliphatic heterocycles. The third-order valence-electron chi connectivity index (χ3n) is 5.58. The molecule has 0 fully saturated rings. The van der Waals surface area contributed by atoms with Crippen LogP contribution in [0.15, 0.2) is 34.7 Å². The van der Waals surface area contributed by atoms with Gasteiger partial charge in [-0.05, 0) is 57.4 Å². The SMILES string of the molecule is Cc1nc2c(c(C)nn2C)c(C)c1CCC(=O)N[C@@H](C)c1cc2ccccc2o1. The zero-order valence-corrected chi connectivity index (χ0v) is 17.5. The quantitative estimate of drug-likeness (QED) is 0.546. The Morgan fingerprint density at radius 1 is 1.21 bits per heavy atom. The Morgan fingerprint density at radius 2 is 1.97 bits per heavy atom. The van der Waals surface area contributed by atoms with E-state index in [2.05, 4.69) is 17.3 Å². The number of nitrogens with zero attached hydrogens (tertiary/aromatic N) is 3. The van der Waals surface area contributed by atoms with Gasteiger partial charge >= 0.3 is 0 Å². The third-order valence-corrected chi connectivity index (χ3v) is 5.58. The van der Waals surface area contributed by atoms with E-state index < -0.39 is 0 Å². The average Bonchev–Trinajstić information content (AvgIpc) is 3.22. The predicted octanol–water partition coefficient (Wildman–Crippen LogP) is 4.45. The van der Waals surface area contributed by atoms with E-state index in [4.69, 9.17) is 9.40 Å². The van der Waals surface area contributed by atoms with Crippen molar-refractivity contribution in [1.29, 1.82) is 0 Å². The summed E-state index contributed by atoms with van der Waals surface area (Å²) in [7, 11) is 1.91. The Balaban J connectivity index is 1.47. The molecule has 150 valence electrons. The number of furan rings is 1. The lowest BCUT2D eigenvalue weighted by Crippen LogP contribution is -2.26. The number of carbonyl (C=O) groups excluding carboxylic acids is 1. The van der Waals surface area contributed by atoms with Crippen molar-refractivity contribution in [1.82, 2.24) is 20.1 Å². The number of hydrogen-bond acceptors (Lipinski definition) is 4. The summed E-state index contributed by atoms with van der Waals surface area (Å²) in [5.41, 5.74) is 5.94. The normalized spacial score (nSPS) is 12.6. The number of aryl methyl sites for hydroxylation is 4. The van der Waals surface area contributed by atoms with Crippen molar-refractivity contribution >= 4 is 27.9 Å². The van der Waals surface area contributed by atoms with E-state index in [1.165, 1.54) is 0 Å². The van der Waals surface area contributed by atoms with Crippen LogP contribution in [0.2, 0.25) is 0 Å². The van der Waals surface area contributed by atoms with Crippen LogP contribution in [-0.4, -0.2) is 20.7 Å². The van der Waals surface area contributed by atoms with Crippen LogP contribution in [0.4, 0.5) is 0 Å². The maximum Gasteiger partial charge on any atom is 0.220 e. The summed E-state index contributed by atoms with van der Waals surface area (Å²) in [6, 6.07) is 9.66. The highest BCUT2D eigenvalue weighted by Gasteiger charge is 2.18. The summed E-state index contributed by atoms with van der Waals surface area (Å²) >= 11 is 0. The van der Waals surface area contributed by atoms with Gasteiger partial charge in [0.2, 0.25) is 5.91 Å². The highest BCUT2D eigenvalue weighted by molar-refractivity contribution is 5.84. The van der Waals surface area contributed by atoms with Crippen molar-refractivity contribution in [3.8, 4) is 0 Å². The minimum Gasteiger partial charge on any atom is -0.459 e. The molecule has 0 aliphatic carbocycles. The smallest absolute Gasteiger partial charge is 0.220 e. The van der Waals surface area contributed by atoms with Gasteiger partial charge in [0, 0.05) is 29.9 Å². The second-order valence-corrected chi connectivity index (χ2v) is 7.68. The van der Waals surface area contributed by atoms with E-state index in [0.717, 1.165) is 50.3 Å². The molecule has 3 aromatic heterocycles. The van der Waals surface area contributed by atoms with Gasteiger partial charge in [0.05, 0.1) is 11.7 Å². The van der Waals surface area contributed by atoms with Crippen LogP contribution in [0.1, 0.15) is 47.7 Å². The predicted molar refractivity (Wildman–Crippen MR) is 114 cm³/mol. The molecule has 1 atom stereocenters. The minimum absolute atomic E-state index is 0.000221. The van der Waals surface area contributed by atoms with Gasteiger partial charge in [-0.25, -0.2) is 4.98 Å². The number of carbonyl (C=O) groups is 1. The number of amides is 1. The Labute approximate surface area is 169 Å². The standard InChI is InChI=1S/C23H26N4O2/c1-13-18(14(2)25-23-22(13)16(4)26-27(23)5)10-11-21(28)24-15(3)20-12-17-8-6-7-9-19(17)29-20/h6-9,12,15H,10-11H2,1-5H3,(H,24,28)/t15-/m0/s1. The Kier molecular flexibility index (Phi) is 4.86. The van der Waals surface area contributed by atoms with Crippen molar-refractivity contribution in [2.24, 2.45) is 7.05 Å². The number of para-hydroxylation sites is 1. The molecule has 0 saturated carbocycles. The van der Waals surface area contributed by atoms with Crippen molar-refractivity contribution < 1.29 is 9.21 Å². The zero-order valence-electron chi connectivity index (χ0n) is 17.5. The van der Waals surface area contributed by atoms with Gasteiger partial charge in [-0.15, -0.1) is 0 Å². The van der Waals surface area contributed by atoms with Gasteiger partial charge in [-0.1, -0.05) is 18.2 Å². The largest absolute Gasteiger partial charge is 0.459 e. The van der Waals surface area contributed by atoms with Crippen LogP contribution in [0.5, 0.6) is 0 Å². The van der Waals surface area contributed by atoms with E-state index >= 15 is 0 Å². The lowest BCUT2D eigenvalue weighted by atomic mass is 9.99. The highest BCUT2D eigenvalue weighted by atomic mass is 16.3. The maximum absolute atomic E-state index is 12.6. The van der Waals surface area contributed by atoms with Crippen molar-refractivity contribution in [3.05, 3.63) is 58.6 Å². The number of fused-ring (bicyclic) bond motifs is 2. The topological polar surface area (TPSA) is 73.0 Å². The molecule has 0 saturated heterocycles. The van der Waals surface area contributed by atoms with Crippen LogP contribution < -0.4 is 5.32 Å². The number of rotatable bonds is 5. The molecule has 0 radical (unpaired) electrons. The molecule has 1 amide bonds. The van der Waals surface area contributed by atoms with Crippen LogP contribution in [0.3, 0.4) is 0 Å². The fraction of sp³-hybridized carbons (Fsp3) is 0.348. The first-order valence-corrected chi connectivity index (χ1v) is 9.92. The molecular weight excluding hydrogens is 364 g/mol. The van der Waals surface area contributed by atoms with Gasteiger partial charge in [0.25, 0.3) is 0 Å². The van der Waals surface area contributed by atoms with Gasteiger partial charge in [-0.2, -0.15) is 5.10 Å². The maximum atomic E-state index is 12.6. The monoisotopic (exact) mass is 390 g/mol. The van der Waals surface area contributed by atoms with E-state index in [-0.39, 0.29) is 11.9 Å². The number of hydrogen-bond donors (Lipinski definition) is 1. The van der Waals surface area contributed by atoms with Crippen LogP contribution >= 0.6 is 0 Å². The Morgan fingerprint density at radius 3 is 2.72 bits per heavy atom. The van der Waals surface area contributed by atoms with Crippen LogP contribution in [0, 0.1) is 20.8 Å². The summed E-state index contributed by atoms with van der Waals surface area (Å²) in [5, 5.41) is 9.66. The minimum atomic E-state index is -0.182.